The van der Waals surface area contributed by atoms with Crippen LogP contribution in [0.3, 0.4) is 0 Å². The lowest BCUT2D eigenvalue weighted by Gasteiger charge is -2.05. The van der Waals surface area contributed by atoms with Crippen LogP contribution in [0.4, 0.5) is 4.39 Å². The summed E-state index contributed by atoms with van der Waals surface area (Å²) in [5.74, 6) is 0.534. The van der Waals surface area contributed by atoms with Gasteiger partial charge < -0.3 is 4.98 Å². The van der Waals surface area contributed by atoms with E-state index in [0.717, 1.165) is 44.2 Å². The minimum absolute atomic E-state index is 0.236. The maximum absolute atomic E-state index is 13.4. The molecule has 0 amide bonds. The maximum Gasteiger partial charge on any atom is 0.181 e. The molecule has 182 valence electrons. The van der Waals surface area contributed by atoms with Crippen molar-refractivity contribution in [2.24, 2.45) is 0 Å². The second-order valence-electron chi connectivity index (χ2n) is 8.84. The third kappa shape index (κ3) is 4.35. The number of aromatic nitrogens is 7. The van der Waals surface area contributed by atoms with Crippen molar-refractivity contribution in [2.45, 2.75) is 26.2 Å². The van der Waals surface area contributed by atoms with E-state index in [2.05, 4.69) is 30.1 Å². The molecule has 0 aliphatic rings. The molecule has 0 saturated carbocycles. The van der Waals surface area contributed by atoms with Gasteiger partial charge in [0.1, 0.15) is 17.3 Å². The van der Waals surface area contributed by atoms with E-state index in [4.69, 9.17) is 4.98 Å². The number of benzene rings is 1. The summed E-state index contributed by atoms with van der Waals surface area (Å²) in [6.07, 6.45) is 10.5. The molecule has 0 aliphatic carbocycles. The van der Waals surface area contributed by atoms with Gasteiger partial charge in [-0.1, -0.05) is 19.1 Å². The summed E-state index contributed by atoms with van der Waals surface area (Å²) in [6.45, 7) is 1.88. The largest absolute Gasteiger partial charge is 0.335 e. The number of ketones is 1. The van der Waals surface area contributed by atoms with E-state index < -0.39 is 0 Å². The lowest BCUT2D eigenvalue weighted by molar-refractivity contribution is -0.118. The number of carbonyl (C=O) groups excluding carboxylic acids is 1. The summed E-state index contributed by atoms with van der Waals surface area (Å²) in [5, 5.41) is 8.22. The Balaban J connectivity index is 1.39. The maximum atomic E-state index is 13.4. The molecule has 1 aromatic carbocycles. The lowest BCUT2D eigenvalue weighted by Crippen LogP contribution is -1.98. The van der Waals surface area contributed by atoms with Gasteiger partial charge in [0.25, 0.3) is 0 Å². The van der Waals surface area contributed by atoms with Gasteiger partial charge in [-0.05, 0) is 41.8 Å². The molecule has 0 bridgehead atoms. The van der Waals surface area contributed by atoms with Crippen molar-refractivity contribution in [2.75, 3.05) is 0 Å². The lowest BCUT2D eigenvalue weighted by atomic mass is 10.0. The van der Waals surface area contributed by atoms with Crippen LogP contribution in [0.2, 0.25) is 0 Å². The SMILES string of the molecule is CCC(=O)CCc1cncc(-c2cnc3n[nH]c(-c4nc5c(-c6ccc(F)cc6)cncc5[nH]4)c3c2)c1. The minimum Gasteiger partial charge on any atom is -0.335 e. The fourth-order valence-electron chi connectivity index (χ4n) is 4.37. The Morgan fingerprint density at radius 2 is 1.76 bits per heavy atom. The van der Waals surface area contributed by atoms with E-state index in [1.54, 1.807) is 43.1 Å². The van der Waals surface area contributed by atoms with Gasteiger partial charge in [0.15, 0.2) is 11.5 Å². The van der Waals surface area contributed by atoms with Gasteiger partial charge in [-0.2, -0.15) is 5.10 Å². The highest BCUT2D eigenvalue weighted by molar-refractivity contribution is 5.96. The van der Waals surface area contributed by atoms with E-state index in [-0.39, 0.29) is 11.6 Å². The highest BCUT2D eigenvalue weighted by atomic mass is 19.1. The molecule has 6 aromatic rings. The summed E-state index contributed by atoms with van der Waals surface area (Å²) in [4.78, 5) is 33.1. The van der Waals surface area contributed by atoms with Crippen molar-refractivity contribution in [3.8, 4) is 33.8 Å². The zero-order valence-electron chi connectivity index (χ0n) is 20.0. The molecule has 0 unspecified atom stereocenters. The zero-order valence-corrected chi connectivity index (χ0v) is 20.0. The van der Waals surface area contributed by atoms with E-state index in [1.165, 1.54) is 12.1 Å². The predicted molar refractivity (Wildman–Crippen MR) is 139 cm³/mol. The first-order chi connectivity index (χ1) is 18.1. The number of fused-ring (bicyclic) bond motifs is 2. The van der Waals surface area contributed by atoms with Crippen LogP contribution in [0.5, 0.6) is 0 Å². The van der Waals surface area contributed by atoms with E-state index in [9.17, 15) is 9.18 Å². The summed E-state index contributed by atoms with van der Waals surface area (Å²) in [5.41, 5.74) is 7.16. The van der Waals surface area contributed by atoms with Crippen LogP contribution in [0, 0.1) is 5.82 Å². The molecule has 8 nitrogen and oxygen atoms in total. The Morgan fingerprint density at radius 3 is 2.59 bits per heavy atom. The Morgan fingerprint density at radius 1 is 0.946 bits per heavy atom. The van der Waals surface area contributed by atoms with Crippen molar-refractivity contribution in [1.29, 1.82) is 0 Å². The fourth-order valence-corrected chi connectivity index (χ4v) is 4.37. The number of aromatic amines is 2. The minimum atomic E-state index is -0.297. The number of nitrogens with one attached hydrogen (secondary N) is 2. The number of H-pyrrole nitrogens is 2. The van der Waals surface area contributed by atoms with Crippen LogP contribution in [-0.2, 0) is 11.2 Å². The van der Waals surface area contributed by atoms with E-state index >= 15 is 0 Å². The van der Waals surface area contributed by atoms with Gasteiger partial charge in [-0.25, -0.2) is 14.4 Å². The molecule has 0 aliphatic heterocycles. The van der Waals surface area contributed by atoms with Crippen LogP contribution in [-0.4, -0.2) is 40.9 Å². The highest BCUT2D eigenvalue weighted by Crippen LogP contribution is 2.32. The quantitative estimate of drug-likeness (QED) is 0.297. The molecular formula is C28H22FN7O. The number of nitrogens with zero attached hydrogens (tertiary/aromatic N) is 5. The number of rotatable bonds is 7. The summed E-state index contributed by atoms with van der Waals surface area (Å²) >= 11 is 0. The number of carbonyl (C=O) groups is 1. The molecular weight excluding hydrogens is 469 g/mol. The van der Waals surface area contributed by atoms with E-state index in [0.29, 0.717) is 36.4 Å². The van der Waals surface area contributed by atoms with Gasteiger partial charge >= 0.3 is 0 Å². The van der Waals surface area contributed by atoms with Crippen LogP contribution in [0.1, 0.15) is 25.3 Å². The molecule has 0 fully saturated rings. The first-order valence-corrected chi connectivity index (χ1v) is 12.0. The summed E-state index contributed by atoms with van der Waals surface area (Å²) in [6, 6.07) is 10.3. The highest BCUT2D eigenvalue weighted by Gasteiger charge is 2.16. The number of pyridine rings is 3. The van der Waals surface area contributed by atoms with Gasteiger partial charge in [0, 0.05) is 54.3 Å². The van der Waals surface area contributed by atoms with Crippen molar-refractivity contribution < 1.29 is 9.18 Å². The number of hydrogen-bond acceptors (Lipinski definition) is 6. The number of halogens is 1. The van der Waals surface area contributed by atoms with Crippen molar-refractivity contribution in [3.63, 3.8) is 0 Å². The van der Waals surface area contributed by atoms with Crippen molar-refractivity contribution in [1.82, 2.24) is 35.1 Å². The van der Waals surface area contributed by atoms with Crippen molar-refractivity contribution in [3.05, 3.63) is 78.8 Å². The first kappa shape index (κ1) is 22.7. The molecule has 6 rings (SSSR count). The normalized spacial score (nSPS) is 11.4. The monoisotopic (exact) mass is 491 g/mol. The van der Waals surface area contributed by atoms with Gasteiger partial charge in [0.2, 0.25) is 0 Å². The molecule has 5 heterocycles. The predicted octanol–water partition coefficient (Wildman–Crippen LogP) is 5.68. The fraction of sp³-hybridized carbons (Fsp3) is 0.143. The van der Waals surface area contributed by atoms with Crippen molar-refractivity contribution >= 4 is 27.9 Å². The molecule has 37 heavy (non-hydrogen) atoms. The second kappa shape index (κ2) is 9.34. The number of hydrogen-bond donors (Lipinski definition) is 2. The van der Waals surface area contributed by atoms with Crippen LogP contribution in [0.15, 0.2) is 67.4 Å². The standard InChI is InChI=1S/C28H22FN7O/c1-2-21(37)8-3-16-9-18(12-30-11-16)19-10-22-26(35-36-27(22)32-13-19)28-33-24-15-31-14-23(25(24)34-28)17-4-6-20(29)7-5-17/h4-7,9-15H,2-3,8H2,1H3,(H,33,34)(H,32,35,36). The molecule has 2 N–H and O–H groups in total. The second-order valence-corrected chi connectivity index (χ2v) is 8.84. The number of Topliss-reactive ketones (excluding diaryl/α,β-unsaturated/α-hetero) is 1. The molecule has 0 saturated heterocycles. The first-order valence-electron chi connectivity index (χ1n) is 12.0. The third-order valence-electron chi connectivity index (χ3n) is 6.41. The van der Waals surface area contributed by atoms with Gasteiger partial charge in [-0.15, -0.1) is 0 Å². The summed E-state index contributed by atoms with van der Waals surface area (Å²) in [7, 11) is 0. The Kier molecular flexibility index (Phi) is 5.72. The Bertz CT molecular complexity index is 1750. The van der Waals surface area contributed by atoms with Crippen LogP contribution < -0.4 is 0 Å². The zero-order chi connectivity index (χ0) is 25.4. The topological polar surface area (TPSA) is 113 Å². The molecule has 9 heteroatoms. The Hall–Kier alpha value is -4.79. The molecule has 0 atom stereocenters. The number of aryl methyl sites for hydroxylation is 1. The van der Waals surface area contributed by atoms with E-state index in [1.807, 2.05) is 19.1 Å². The Labute approximate surface area is 211 Å². The van der Waals surface area contributed by atoms with Gasteiger partial charge in [-0.3, -0.25) is 19.9 Å². The molecule has 0 spiro atoms. The van der Waals surface area contributed by atoms with Crippen LogP contribution in [0.25, 0.3) is 55.8 Å². The number of imidazole rings is 1. The van der Waals surface area contributed by atoms with Crippen LogP contribution >= 0.6 is 0 Å². The molecule has 0 radical (unpaired) electrons. The smallest absolute Gasteiger partial charge is 0.181 e. The third-order valence-corrected chi connectivity index (χ3v) is 6.41. The molecule has 5 aromatic heterocycles. The average Bonchev–Trinajstić information content (AvgIpc) is 3.56. The van der Waals surface area contributed by atoms with Gasteiger partial charge in [0.05, 0.1) is 22.6 Å². The average molecular weight is 492 g/mol. The summed E-state index contributed by atoms with van der Waals surface area (Å²) < 4.78 is 13.4.